The molecule has 2 heterocycles. The maximum atomic E-state index is 11.9. The van der Waals surface area contributed by atoms with Crippen LogP contribution >= 0.6 is 0 Å². The first-order chi connectivity index (χ1) is 10.5. The molecule has 1 atom stereocenters. The minimum absolute atomic E-state index is 0.0212. The summed E-state index contributed by atoms with van der Waals surface area (Å²) in [4.78, 5) is 13.6. The molecule has 1 amide bonds. The molecular formula is C15H24N2O5S. The zero-order valence-corrected chi connectivity index (χ0v) is 14.6. The van der Waals surface area contributed by atoms with Gasteiger partial charge in [-0.3, -0.25) is 0 Å². The van der Waals surface area contributed by atoms with Crippen molar-refractivity contribution in [2.75, 3.05) is 32.0 Å². The number of carbonyl (C=O) groups is 1. The summed E-state index contributed by atoms with van der Waals surface area (Å²) in [6, 6.07) is 0. The summed E-state index contributed by atoms with van der Waals surface area (Å²) in [6.45, 7) is 6.98. The van der Waals surface area contributed by atoms with Gasteiger partial charge in [0, 0.05) is 18.5 Å². The Kier molecular flexibility index (Phi) is 4.95. The number of hydrogen-bond donors (Lipinski definition) is 1. The lowest BCUT2D eigenvalue weighted by Crippen LogP contribution is -2.59. The molecule has 2 saturated heterocycles. The predicted octanol–water partition coefficient (Wildman–Crippen LogP) is 0.565. The van der Waals surface area contributed by atoms with Gasteiger partial charge in [-0.2, -0.15) is 0 Å². The SMILES string of the molecule is C#CCNS(=O)(=O)CC1CC2(CO1)CN(C(=O)OC(C)(C)C)C2. The molecule has 1 spiro atoms. The van der Waals surface area contributed by atoms with Crippen LogP contribution in [0.2, 0.25) is 0 Å². The van der Waals surface area contributed by atoms with Gasteiger partial charge in [0.05, 0.1) is 25.0 Å². The molecule has 130 valence electrons. The van der Waals surface area contributed by atoms with Crippen molar-refractivity contribution in [3.63, 3.8) is 0 Å². The van der Waals surface area contributed by atoms with Crippen molar-refractivity contribution in [3.05, 3.63) is 0 Å². The smallest absolute Gasteiger partial charge is 0.410 e. The third-order valence-corrected chi connectivity index (χ3v) is 5.18. The average Bonchev–Trinajstić information content (AvgIpc) is 2.76. The highest BCUT2D eigenvalue weighted by Gasteiger charge is 2.52. The van der Waals surface area contributed by atoms with Gasteiger partial charge in [-0.15, -0.1) is 6.42 Å². The Balaban J connectivity index is 1.81. The van der Waals surface area contributed by atoms with Crippen LogP contribution in [-0.2, 0) is 19.5 Å². The number of likely N-dealkylation sites (tertiary alicyclic amines) is 1. The topological polar surface area (TPSA) is 84.9 Å². The second-order valence-corrected chi connectivity index (χ2v) is 9.13. The van der Waals surface area contributed by atoms with Crippen molar-refractivity contribution >= 4 is 16.1 Å². The summed E-state index contributed by atoms with van der Waals surface area (Å²) >= 11 is 0. The molecule has 1 unspecified atom stereocenters. The fraction of sp³-hybridized carbons (Fsp3) is 0.800. The Bertz CT molecular complexity index is 596. The molecule has 1 N–H and O–H groups in total. The van der Waals surface area contributed by atoms with E-state index in [4.69, 9.17) is 15.9 Å². The van der Waals surface area contributed by atoms with Crippen LogP contribution in [0.4, 0.5) is 4.79 Å². The van der Waals surface area contributed by atoms with E-state index in [0.29, 0.717) is 26.1 Å². The van der Waals surface area contributed by atoms with Crippen molar-refractivity contribution < 1.29 is 22.7 Å². The fourth-order valence-corrected chi connectivity index (χ4v) is 4.02. The van der Waals surface area contributed by atoms with Gasteiger partial charge in [-0.1, -0.05) is 5.92 Å². The van der Waals surface area contributed by atoms with E-state index in [-0.39, 0.29) is 29.9 Å². The Morgan fingerprint density at radius 3 is 2.70 bits per heavy atom. The molecule has 0 aromatic rings. The Hall–Kier alpha value is -1.30. The van der Waals surface area contributed by atoms with Crippen molar-refractivity contribution in [2.45, 2.75) is 38.9 Å². The van der Waals surface area contributed by atoms with Gasteiger partial charge in [0.1, 0.15) is 5.60 Å². The van der Waals surface area contributed by atoms with E-state index in [2.05, 4.69) is 10.6 Å². The molecule has 8 heteroatoms. The average molecular weight is 344 g/mol. The van der Waals surface area contributed by atoms with Crippen LogP contribution in [0.5, 0.6) is 0 Å². The number of nitrogens with one attached hydrogen (secondary N) is 1. The standard InChI is InChI=1S/C15H24N2O5S/c1-5-6-16-23(19,20)8-12-7-15(11-21-12)9-17(10-15)13(18)22-14(2,3)4/h1,12,16H,6-11H2,2-4H3. The van der Waals surface area contributed by atoms with Gasteiger partial charge in [0.2, 0.25) is 10.0 Å². The third-order valence-electron chi connectivity index (χ3n) is 3.79. The molecule has 2 rings (SSSR count). The van der Waals surface area contributed by atoms with Crippen molar-refractivity contribution in [1.29, 1.82) is 0 Å². The monoisotopic (exact) mass is 344 g/mol. The Morgan fingerprint density at radius 1 is 1.48 bits per heavy atom. The molecule has 0 saturated carbocycles. The first-order valence-corrected chi connectivity index (χ1v) is 9.20. The summed E-state index contributed by atoms with van der Waals surface area (Å²) in [5.41, 5.74) is -0.672. The van der Waals surface area contributed by atoms with Gasteiger partial charge in [-0.05, 0) is 27.2 Å². The minimum atomic E-state index is -3.44. The quantitative estimate of drug-likeness (QED) is 0.754. The van der Waals surface area contributed by atoms with Crippen LogP contribution in [0.15, 0.2) is 0 Å². The van der Waals surface area contributed by atoms with Gasteiger partial charge in [0.15, 0.2) is 0 Å². The van der Waals surface area contributed by atoms with E-state index >= 15 is 0 Å². The van der Waals surface area contributed by atoms with Crippen LogP contribution in [0.3, 0.4) is 0 Å². The molecule has 23 heavy (non-hydrogen) atoms. The lowest BCUT2D eigenvalue weighted by Gasteiger charge is -2.47. The molecule has 2 aliphatic rings. The molecule has 2 aliphatic heterocycles. The minimum Gasteiger partial charge on any atom is -0.444 e. The van der Waals surface area contributed by atoms with Crippen molar-refractivity contribution in [2.24, 2.45) is 5.41 Å². The Labute approximate surface area is 137 Å². The highest BCUT2D eigenvalue weighted by Crippen LogP contribution is 2.41. The summed E-state index contributed by atoms with van der Waals surface area (Å²) in [6.07, 6.45) is 4.95. The number of sulfonamides is 1. The second kappa shape index (κ2) is 6.30. The first kappa shape index (κ1) is 18.0. The number of hydrogen-bond acceptors (Lipinski definition) is 5. The molecule has 0 bridgehead atoms. The summed E-state index contributed by atoms with van der Waals surface area (Å²) < 4.78 is 36.9. The molecule has 0 aliphatic carbocycles. The number of ether oxygens (including phenoxy) is 2. The van der Waals surface area contributed by atoms with Crippen LogP contribution in [-0.4, -0.2) is 63.1 Å². The van der Waals surface area contributed by atoms with E-state index in [9.17, 15) is 13.2 Å². The fourth-order valence-electron chi connectivity index (χ4n) is 2.90. The summed E-state index contributed by atoms with van der Waals surface area (Å²) in [7, 11) is -3.44. The zero-order valence-electron chi connectivity index (χ0n) is 13.8. The number of terminal acetylenes is 1. The largest absolute Gasteiger partial charge is 0.444 e. The number of nitrogens with zero attached hydrogens (tertiary/aromatic N) is 1. The molecule has 0 radical (unpaired) electrons. The highest BCUT2D eigenvalue weighted by molar-refractivity contribution is 7.89. The summed E-state index contributed by atoms with van der Waals surface area (Å²) in [5, 5.41) is 0. The van der Waals surface area contributed by atoms with Gasteiger partial charge < -0.3 is 14.4 Å². The number of rotatable bonds is 4. The van der Waals surface area contributed by atoms with Crippen LogP contribution in [0.1, 0.15) is 27.2 Å². The predicted molar refractivity (Wildman–Crippen MR) is 85.2 cm³/mol. The van der Waals surface area contributed by atoms with E-state index in [0.717, 1.165) is 0 Å². The van der Waals surface area contributed by atoms with Gasteiger partial charge >= 0.3 is 6.09 Å². The normalized spacial score (nSPS) is 23.4. The first-order valence-electron chi connectivity index (χ1n) is 7.55. The number of amides is 1. The van der Waals surface area contributed by atoms with Crippen molar-refractivity contribution in [3.8, 4) is 12.3 Å². The van der Waals surface area contributed by atoms with E-state index in [1.54, 1.807) is 4.90 Å². The van der Waals surface area contributed by atoms with E-state index < -0.39 is 15.6 Å². The second-order valence-electron chi connectivity index (χ2n) is 7.28. The molecule has 0 aromatic carbocycles. The maximum Gasteiger partial charge on any atom is 0.410 e. The zero-order chi connectivity index (χ0) is 17.3. The third kappa shape index (κ3) is 4.83. The molecule has 2 fully saturated rings. The maximum absolute atomic E-state index is 11.9. The molecular weight excluding hydrogens is 320 g/mol. The van der Waals surface area contributed by atoms with Crippen LogP contribution in [0, 0.1) is 17.8 Å². The molecule has 0 aromatic heterocycles. The van der Waals surface area contributed by atoms with Crippen LogP contribution in [0.25, 0.3) is 0 Å². The van der Waals surface area contributed by atoms with Gasteiger partial charge in [-0.25, -0.2) is 17.9 Å². The van der Waals surface area contributed by atoms with Crippen molar-refractivity contribution in [1.82, 2.24) is 9.62 Å². The van der Waals surface area contributed by atoms with Gasteiger partial charge in [0.25, 0.3) is 0 Å². The highest BCUT2D eigenvalue weighted by atomic mass is 32.2. The lowest BCUT2D eigenvalue weighted by molar-refractivity contribution is -0.0368. The van der Waals surface area contributed by atoms with E-state index in [1.807, 2.05) is 20.8 Å². The Morgan fingerprint density at radius 2 is 2.13 bits per heavy atom. The number of carbonyl (C=O) groups excluding carboxylic acids is 1. The van der Waals surface area contributed by atoms with E-state index in [1.165, 1.54) is 0 Å². The van der Waals surface area contributed by atoms with Crippen LogP contribution < -0.4 is 4.72 Å². The molecule has 7 nitrogen and oxygen atoms in total. The lowest BCUT2D eigenvalue weighted by atomic mass is 9.78. The summed E-state index contributed by atoms with van der Waals surface area (Å²) in [5.74, 6) is 2.13.